The number of nitrogens with one attached hydrogen (secondary N) is 1. The second-order valence-electron chi connectivity index (χ2n) is 11.4. The quantitative estimate of drug-likeness (QED) is 0.259. The van der Waals surface area contributed by atoms with E-state index in [0.717, 1.165) is 38.4 Å². The molecule has 1 saturated heterocycles. The molecule has 0 spiro atoms. The molecular formula is C27H36N8O7. The molecule has 1 unspecified atom stereocenters. The van der Waals surface area contributed by atoms with E-state index in [4.69, 9.17) is 10.3 Å². The summed E-state index contributed by atoms with van der Waals surface area (Å²) in [6.45, 7) is 4.42. The number of rotatable bonds is 10. The first-order chi connectivity index (χ1) is 19.9. The van der Waals surface area contributed by atoms with Crippen LogP contribution in [0, 0.1) is 5.92 Å². The molecule has 0 aromatic carbocycles. The molecule has 0 radical (unpaired) electrons. The first-order valence-electron chi connectivity index (χ1n) is 14.0. The number of carbonyl (C=O) groups is 5. The number of aliphatic hydroxyl groups is 1. The van der Waals surface area contributed by atoms with Gasteiger partial charge < -0.3 is 25.6 Å². The number of aromatic nitrogens is 4. The van der Waals surface area contributed by atoms with Gasteiger partial charge in [-0.2, -0.15) is 0 Å². The third kappa shape index (κ3) is 6.95. The molecule has 4 N–H and O–H groups in total. The second kappa shape index (κ2) is 12.7. The van der Waals surface area contributed by atoms with Gasteiger partial charge in [0.25, 0.3) is 17.7 Å². The Morgan fingerprint density at radius 3 is 2.52 bits per heavy atom. The molecule has 226 valence electrons. The maximum atomic E-state index is 14.2. The predicted molar refractivity (Wildman–Crippen MR) is 146 cm³/mol. The number of hydrogen-bond donors (Lipinski definition) is 3. The maximum Gasteiger partial charge on any atom is 0.287 e. The highest BCUT2D eigenvalue weighted by Crippen LogP contribution is 2.33. The second-order valence-corrected chi connectivity index (χ2v) is 11.4. The largest absolute Gasteiger partial charge is 0.384 e. The van der Waals surface area contributed by atoms with Gasteiger partial charge >= 0.3 is 0 Å². The molecule has 2 aliphatic rings. The van der Waals surface area contributed by atoms with Crippen LogP contribution in [-0.4, -0.2) is 83.9 Å². The van der Waals surface area contributed by atoms with Crippen LogP contribution in [0.2, 0.25) is 0 Å². The summed E-state index contributed by atoms with van der Waals surface area (Å²) >= 11 is 0. The van der Waals surface area contributed by atoms with Gasteiger partial charge in [-0.25, -0.2) is 9.67 Å². The summed E-state index contributed by atoms with van der Waals surface area (Å²) in [4.78, 5) is 69.5. The fraction of sp³-hybridized carbons (Fsp3) is 0.593. The van der Waals surface area contributed by atoms with Gasteiger partial charge in [-0.1, -0.05) is 42.5 Å². The van der Waals surface area contributed by atoms with E-state index in [-0.39, 0.29) is 36.6 Å². The normalized spacial score (nSPS) is 20.8. The minimum atomic E-state index is -1.32. The molecule has 4 rings (SSSR count). The first-order valence-corrected chi connectivity index (χ1v) is 14.0. The highest BCUT2D eigenvalue weighted by atomic mass is 16.5. The third-order valence-electron chi connectivity index (χ3n) is 7.75. The zero-order chi connectivity index (χ0) is 30.6. The number of carbonyl (C=O) groups excluding carboxylic acids is 5. The van der Waals surface area contributed by atoms with E-state index < -0.39 is 53.1 Å². The van der Waals surface area contributed by atoms with Crippen molar-refractivity contribution in [3.63, 3.8) is 0 Å². The molecule has 2 fully saturated rings. The molecule has 15 heteroatoms. The molecule has 2 aromatic heterocycles. The van der Waals surface area contributed by atoms with E-state index in [9.17, 15) is 29.1 Å². The highest BCUT2D eigenvalue weighted by Gasteiger charge is 2.44. The number of Topliss-reactive ketones (excluding diaryl/α,β-unsaturated/α-hetero) is 1. The molecular weight excluding hydrogens is 548 g/mol. The fourth-order valence-corrected chi connectivity index (χ4v) is 5.51. The number of ketones is 1. The molecule has 2 aromatic rings. The molecule has 4 amide bonds. The van der Waals surface area contributed by atoms with Crippen LogP contribution < -0.4 is 11.1 Å². The van der Waals surface area contributed by atoms with Crippen LogP contribution in [0.1, 0.15) is 87.8 Å². The summed E-state index contributed by atoms with van der Waals surface area (Å²) < 4.78 is 6.22. The Hall–Kier alpha value is -4.27. The predicted octanol–water partition coefficient (Wildman–Crippen LogP) is 0.446. The maximum absolute atomic E-state index is 14.2. The number of primary amides is 1. The number of nitrogens with zero attached hydrogens (tertiary/aromatic N) is 6. The lowest BCUT2D eigenvalue weighted by Crippen LogP contribution is -2.52. The lowest BCUT2D eigenvalue weighted by molar-refractivity contribution is -0.139. The fourth-order valence-electron chi connectivity index (χ4n) is 5.51. The highest BCUT2D eigenvalue weighted by molar-refractivity contribution is 6.41. The monoisotopic (exact) mass is 584 g/mol. The number of hydrogen-bond acceptors (Lipinski definition) is 10. The Morgan fingerprint density at radius 1 is 1.19 bits per heavy atom. The van der Waals surface area contributed by atoms with E-state index in [2.05, 4.69) is 25.8 Å². The van der Waals surface area contributed by atoms with E-state index in [1.807, 2.05) is 0 Å². The zero-order valence-corrected chi connectivity index (χ0v) is 23.9. The smallest absolute Gasteiger partial charge is 0.287 e. The van der Waals surface area contributed by atoms with Gasteiger partial charge in [0.1, 0.15) is 29.2 Å². The van der Waals surface area contributed by atoms with Gasteiger partial charge in [0, 0.05) is 13.0 Å². The van der Waals surface area contributed by atoms with Crippen molar-refractivity contribution in [2.45, 2.75) is 89.4 Å². The van der Waals surface area contributed by atoms with Gasteiger partial charge in [-0.15, -0.1) is 5.10 Å². The number of amides is 4. The summed E-state index contributed by atoms with van der Waals surface area (Å²) in [7, 11) is 0. The SMILES string of the molecule is CC(NC(=O)[C@@H]1C[C@H](n2nncc2C(C)(C)O)CN1C(=O)C(CC1CCCCC1)=NC(=O)c1cnoc1)C(=O)C(N)=O. The number of aliphatic imine (C=N–C) groups is 1. The molecule has 3 atom stereocenters. The molecule has 0 bridgehead atoms. The number of nitrogens with two attached hydrogens (primary N) is 1. The molecule has 1 saturated carbocycles. The Morgan fingerprint density at radius 2 is 1.90 bits per heavy atom. The van der Waals surface area contributed by atoms with Gasteiger partial charge in [0.05, 0.1) is 30.2 Å². The van der Waals surface area contributed by atoms with Crippen molar-refractivity contribution < 1.29 is 33.6 Å². The summed E-state index contributed by atoms with van der Waals surface area (Å²) in [5, 5.41) is 24.7. The van der Waals surface area contributed by atoms with E-state index in [0.29, 0.717) is 5.69 Å². The van der Waals surface area contributed by atoms with Gasteiger partial charge in [0.2, 0.25) is 11.7 Å². The van der Waals surface area contributed by atoms with Crippen molar-refractivity contribution in [1.82, 2.24) is 30.4 Å². The molecule has 15 nitrogen and oxygen atoms in total. The van der Waals surface area contributed by atoms with Crippen LogP contribution in [0.15, 0.2) is 28.2 Å². The average Bonchev–Trinajstić information content (AvgIpc) is 3.72. The van der Waals surface area contributed by atoms with E-state index in [1.165, 1.54) is 28.9 Å². The summed E-state index contributed by atoms with van der Waals surface area (Å²) in [6, 6.07) is -2.93. The summed E-state index contributed by atoms with van der Waals surface area (Å²) in [5.41, 5.74) is 4.22. The molecule has 42 heavy (non-hydrogen) atoms. The Labute approximate surface area is 241 Å². The van der Waals surface area contributed by atoms with E-state index in [1.54, 1.807) is 13.8 Å². The summed E-state index contributed by atoms with van der Waals surface area (Å²) in [5.74, 6) is -4.07. The van der Waals surface area contributed by atoms with Crippen LogP contribution in [0.4, 0.5) is 0 Å². The van der Waals surface area contributed by atoms with Gasteiger partial charge in [-0.3, -0.25) is 24.0 Å². The average molecular weight is 585 g/mol. The van der Waals surface area contributed by atoms with Crippen molar-refractivity contribution >= 4 is 35.1 Å². The van der Waals surface area contributed by atoms with Crippen molar-refractivity contribution in [3.8, 4) is 0 Å². The van der Waals surface area contributed by atoms with Crippen molar-refractivity contribution in [2.75, 3.05) is 6.54 Å². The van der Waals surface area contributed by atoms with Crippen LogP contribution in [0.3, 0.4) is 0 Å². The van der Waals surface area contributed by atoms with Gasteiger partial charge in [0.15, 0.2) is 0 Å². The molecule has 3 heterocycles. The molecule has 1 aliphatic carbocycles. The van der Waals surface area contributed by atoms with Crippen LogP contribution >= 0.6 is 0 Å². The lowest BCUT2D eigenvalue weighted by atomic mass is 9.85. The lowest BCUT2D eigenvalue weighted by Gasteiger charge is -2.27. The molecule has 1 aliphatic heterocycles. The Kier molecular flexibility index (Phi) is 9.29. The van der Waals surface area contributed by atoms with Gasteiger partial charge in [-0.05, 0) is 33.1 Å². The first kappa shape index (κ1) is 30.7. The standard InChI is InChI=1S/C27H36N8O7/c1-15(22(36)23(28)37)31-25(39)20-10-18(35-21(12-29-33-35)27(2,3)41)13-34(20)26(40)19(9-16-7-5-4-6-8-16)32-24(38)17-11-30-42-14-17/h11-12,14-16,18,20,41H,4-10,13H2,1-3H3,(H2,28,37)(H,31,39)/t15?,18-,20-/m0/s1. The van der Waals surface area contributed by atoms with Crippen molar-refractivity contribution in [3.05, 3.63) is 29.9 Å². The van der Waals surface area contributed by atoms with Crippen LogP contribution in [-0.2, 0) is 24.8 Å². The summed E-state index contributed by atoms with van der Waals surface area (Å²) in [6.07, 6.45) is 8.88. The van der Waals surface area contributed by atoms with E-state index >= 15 is 0 Å². The minimum Gasteiger partial charge on any atom is -0.384 e. The minimum absolute atomic E-state index is 0.00545. The Balaban J connectivity index is 1.68. The van der Waals surface area contributed by atoms with Crippen molar-refractivity contribution in [2.24, 2.45) is 16.6 Å². The zero-order valence-electron chi connectivity index (χ0n) is 23.9. The van der Waals surface area contributed by atoms with Crippen molar-refractivity contribution in [1.29, 1.82) is 0 Å². The van der Waals surface area contributed by atoms with Crippen LogP contribution in [0.5, 0.6) is 0 Å². The van der Waals surface area contributed by atoms with Crippen LogP contribution in [0.25, 0.3) is 0 Å². The topological polar surface area (TPSA) is 216 Å². The third-order valence-corrected chi connectivity index (χ3v) is 7.75. The Bertz CT molecular complexity index is 1350. The number of likely N-dealkylation sites (tertiary alicyclic amines) is 1.